The van der Waals surface area contributed by atoms with Crippen LogP contribution in [0.25, 0.3) is 24.9 Å². The minimum Gasteiger partial charge on any atom is -0.143 e. The predicted octanol–water partition coefficient (Wildman–Crippen LogP) is 6.01. The fourth-order valence-electron chi connectivity index (χ4n) is 2.90. The van der Waals surface area contributed by atoms with Crippen molar-refractivity contribution in [3.8, 4) is 5.30 Å². The molecule has 0 N–H and O–H groups in total. The molecule has 0 bridgehead atoms. The molecule has 4 aromatic rings. The first-order valence-electron chi connectivity index (χ1n) is 7.80. The number of benzene rings is 1. The fraction of sp³-hybridized carbons (Fsp3) is 0.222. The molecule has 0 amide bonds. The third-order valence-electron chi connectivity index (χ3n) is 4.11. The van der Waals surface area contributed by atoms with E-state index in [0.29, 0.717) is 0 Å². The molecule has 0 fully saturated rings. The van der Waals surface area contributed by atoms with Gasteiger partial charge >= 0.3 is 0 Å². The number of hydrogen-bond donors (Lipinski definition) is 0. The van der Waals surface area contributed by atoms with Gasteiger partial charge in [-0.05, 0) is 26.4 Å². The zero-order chi connectivity index (χ0) is 16.1. The van der Waals surface area contributed by atoms with Crippen molar-refractivity contribution >= 4 is 76.4 Å². The molecule has 0 aliphatic carbocycles. The number of thiophene rings is 2. The van der Waals surface area contributed by atoms with Crippen LogP contribution >= 0.6 is 30.2 Å². The first kappa shape index (κ1) is 15.9. The molecule has 0 saturated carbocycles. The van der Waals surface area contributed by atoms with Crippen LogP contribution in [-0.4, -0.2) is 17.6 Å². The van der Waals surface area contributed by atoms with Gasteiger partial charge in [0.25, 0.3) is 0 Å². The summed E-state index contributed by atoms with van der Waals surface area (Å²) in [4.78, 5) is 0. The van der Waals surface area contributed by atoms with Crippen LogP contribution in [0.15, 0.2) is 42.5 Å². The highest BCUT2D eigenvalue weighted by Gasteiger charge is 2.21. The Balaban J connectivity index is 2.09. The summed E-state index contributed by atoms with van der Waals surface area (Å²) in [6.45, 7) is 9.65. The van der Waals surface area contributed by atoms with Crippen LogP contribution in [0.4, 0.5) is 0 Å². The van der Waals surface area contributed by atoms with Crippen molar-refractivity contribution in [1.29, 1.82) is 0 Å². The van der Waals surface area contributed by atoms with Crippen molar-refractivity contribution in [1.82, 2.24) is 0 Å². The van der Waals surface area contributed by atoms with E-state index < -0.39 is 0 Å². The zero-order valence-corrected chi connectivity index (χ0v) is 18.3. The first-order chi connectivity index (χ1) is 11.1. The quantitative estimate of drug-likeness (QED) is 0.378. The van der Waals surface area contributed by atoms with Crippen molar-refractivity contribution in [3.05, 3.63) is 42.5 Å². The molecule has 0 spiro atoms. The normalized spacial score (nSPS) is 12.3. The molecule has 0 nitrogen and oxygen atoms in total. The molecule has 0 aliphatic rings. The van der Waals surface area contributed by atoms with E-state index in [-0.39, 0.29) is 25.1 Å². The molecule has 4 rings (SSSR count). The van der Waals surface area contributed by atoms with E-state index in [2.05, 4.69) is 91.3 Å². The number of hydrogen-bond acceptors (Lipinski definition) is 2. The van der Waals surface area contributed by atoms with Gasteiger partial charge in [-0.15, -0.1) is 22.7 Å². The lowest BCUT2D eigenvalue weighted by Gasteiger charge is -2.02. The maximum atomic E-state index is 2.54. The minimum atomic E-state index is -0.365. The van der Waals surface area contributed by atoms with Gasteiger partial charge in [-0.3, -0.25) is 0 Å². The van der Waals surface area contributed by atoms with Gasteiger partial charge in [-0.25, -0.2) is 0 Å². The number of rotatable bonds is 3. The summed E-state index contributed by atoms with van der Waals surface area (Å²) >= 11 is 4.16. The highest BCUT2D eigenvalue weighted by Crippen LogP contribution is 2.57. The number of fused-ring (bicyclic) bond motifs is 3. The van der Waals surface area contributed by atoms with Gasteiger partial charge in [-0.1, -0.05) is 64.1 Å². The fourth-order valence-corrected chi connectivity index (χ4v) is 11.6. The van der Waals surface area contributed by atoms with Crippen molar-refractivity contribution in [3.63, 3.8) is 0 Å². The molecule has 23 heavy (non-hydrogen) atoms. The van der Waals surface area contributed by atoms with Gasteiger partial charge in [0.05, 0.1) is 27.0 Å². The van der Waals surface area contributed by atoms with Crippen LogP contribution in [0, 0.1) is 0 Å². The maximum absolute atomic E-state index is 2.54. The average Bonchev–Trinajstić information content (AvgIpc) is 3.17. The van der Waals surface area contributed by atoms with E-state index in [0.717, 1.165) is 0 Å². The van der Waals surface area contributed by atoms with Crippen molar-refractivity contribution in [2.45, 2.75) is 26.2 Å². The second kappa shape index (κ2) is 6.01. The lowest BCUT2D eigenvalue weighted by Crippen LogP contribution is -2.17. The van der Waals surface area contributed by atoms with Gasteiger partial charge in [0.2, 0.25) is 0 Å². The van der Waals surface area contributed by atoms with Crippen molar-refractivity contribution in [2.24, 2.45) is 0 Å². The van der Waals surface area contributed by atoms with E-state index in [1.807, 2.05) is 0 Å². The Hall–Kier alpha value is -0.646. The molecule has 3 aromatic heterocycles. The summed E-state index contributed by atoms with van der Waals surface area (Å²) in [6, 6.07) is 16.3. The lowest BCUT2D eigenvalue weighted by molar-refractivity contribution is 1.76. The highest BCUT2D eigenvalue weighted by molar-refractivity contribution is 7.70. The minimum absolute atomic E-state index is 0.326. The van der Waals surface area contributed by atoms with Gasteiger partial charge in [0, 0.05) is 10.2 Å². The molecule has 0 aliphatic heterocycles. The van der Waals surface area contributed by atoms with Crippen LogP contribution in [0.5, 0.6) is 0 Å². The van der Waals surface area contributed by atoms with Gasteiger partial charge in [0.1, 0.15) is 0 Å². The summed E-state index contributed by atoms with van der Waals surface area (Å²) in [5, 5.41) is 4.77. The Bertz CT molecular complexity index is 917. The van der Waals surface area contributed by atoms with E-state index in [1.54, 1.807) is 28.6 Å². The summed E-state index contributed by atoms with van der Waals surface area (Å²) in [6.07, 6.45) is 0. The molecule has 3 heterocycles. The third-order valence-corrected chi connectivity index (χ3v) is 14.3. The summed E-state index contributed by atoms with van der Waals surface area (Å²) in [7, 11) is -1.06. The Morgan fingerprint density at radius 1 is 0.739 bits per heavy atom. The van der Waals surface area contributed by atoms with E-state index in [4.69, 9.17) is 0 Å². The Labute approximate surface area is 150 Å². The summed E-state index contributed by atoms with van der Waals surface area (Å²) in [5.41, 5.74) is 0. The third kappa shape index (κ3) is 2.61. The van der Waals surface area contributed by atoms with Crippen molar-refractivity contribution in [2.75, 3.05) is 0 Å². The van der Waals surface area contributed by atoms with Crippen LogP contribution < -0.4 is 9.00 Å². The lowest BCUT2D eigenvalue weighted by atomic mass is 10.4. The Morgan fingerprint density at radius 2 is 1.22 bits per heavy atom. The molecule has 1 aromatic carbocycles. The predicted molar refractivity (Wildman–Crippen MR) is 115 cm³/mol. The largest absolute Gasteiger partial charge is 0.143 e. The van der Waals surface area contributed by atoms with Gasteiger partial charge < -0.3 is 0 Å². The van der Waals surface area contributed by atoms with Crippen LogP contribution in [0.3, 0.4) is 0 Å². The maximum Gasteiger partial charge on any atom is 0.0928 e. The SMILES string of the molecule is C[Si](C)c1cc2c(s1)c1sc([Si](C)C)cc1p2-c1ccccc1. The molecule has 2 radical (unpaired) electrons. The van der Waals surface area contributed by atoms with Crippen LogP contribution in [0.1, 0.15) is 0 Å². The summed E-state index contributed by atoms with van der Waals surface area (Å²) in [5.74, 6) is 0. The standard InChI is InChI=1S/C18H19PS2Si2/c1-22(2)15-10-13-17(20-15)18-14(11-16(21-18)23(3)4)19(13)12-8-6-5-7-9-12/h5-11H,1-4H3. The average molecular weight is 387 g/mol. The second-order valence-electron chi connectivity index (χ2n) is 6.32. The zero-order valence-electron chi connectivity index (χ0n) is 13.8. The molecule has 5 heteroatoms. The molecular weight excluding hydrogens is 367 g/mol. The topological polar surface area (TPSA) is 0 Å². The smallest absolute Gasteiger partial charge is 0.0928 e. The van der Waals surface area contributed by atoms with Gasteiger partial charge in [-0.2, -0.15) is 0 Å². The van der Waals surface area contributed by atoms with Crippen LogP contribution in [-0.2, 0) is 0 Å². The Morgan fingerprint density at radius 3 is 1.65 bits per heavy atom. The van der Waals surface area contributed by atoms with E-state index in [1.165, 1.54) is 5.30 Å². The molecule has 0 unspecified atom stereocenters. The van der Waals surface area contributed by atoms with Crippen molar-refractivity contribution < 1.29 is 0 Å². The van der Waals surface area contributed by atoms with E-state index >= 15 is 0 Å². The first-order valence-corrected chi connectivity index (χ1v) is 15.8. The summed E-state index contributed by atoms with van der Waals surface area (Å²) < 4.78 is 6.47. The molecular formula is C18H19PS2Si2. The van der Waals surface area contributed by atoms with Crippen LogP contribution in [0.2, 0.25) is 26.2 Å². The highest BCUT2D eigenvalue weighted by atomic mass is 32.1. The molecule has 0 atom stereocenters. The second-order valence-corrected chi connectivity index (χ2v) is 16.4. The van der Waals surface area contributed by atoms with E-state index in [9.17, 15) is 0 Å². The monoisotopic (exact) mass is 386 g/mol. The van der Waals surface area contributed by atoms with Gasteiger partial charge in [0.15, 0.2) is 0 Å². The molecule has 116 valence electrons. The Kier molecular flexibility index (Phi) is 4.15. The molecule has 0 saturated heterocycles.